The molecule has 0 saturated heterocycles. The molecule has 1 aliphatic rings. The first-order valence-electron chi connectivity index (χ1n) is 6.23. The highest BCUT2D eigenvalue weighted by Gasteiger charge is 2.32. The Morgan fingerprint density at radius 3 is 2.50 bits per heavy atom. The number of nitrogen functional groups attached to an aromatic ring is 1. The lowest BCUT2D eigenvalue weighted by molar-refractivity contribution is -0.120. The fraction of sp³-hybridized carbons (Fsp3) is 0.400. The van der Waals surface area contributed by atoms with Gasteiger partial charge in [0.05, 0.1) is 18.3 Å². The van der Waals surface area contributed by atoms with Crippen LogP contribution < -0.4 is 5.73 Å². The highest BCUT2D eigenvalue weighted by Crippen LogP contribution is 2.30. The third-order valence-corrected chi connectivity index (χ3v) is 3.43. The van der Waals surface area contributed by atoms with Crippen LogP contribution in [0.2, 0.25) is 0 Å². The van der Waals surface area contributed by atoms with Gasteiger partial charge in [-0.2, -0.15) is 0 Å². The van der Waals surface area contributed by atoms with Crippen molar-refractivity contribution >= 4 is 11.5 Å². The van der Waals surface area contributed by atoms with E-state index in [1.807, 2.05) is 38.1 Å². The molecule has 0 fully saturated rings. The van der Waals surface area contributed by atoms with Crippen LogP contribution in [0.4, 0.5) is 5.69 Å². The molecule has 0 unspecified atom stereocenters. The molecule has 0 amide bonds. The Hall–Kier alpha value is -1.77. The fourth-order valence-corrected chi connectivity index (χ4v) is 2.16. The molecule has 0 aromatic heterocycles. The zero-order valence-electron chi connectivity index (χ0n) is 10.9. The lowest BCUT2D eigenvalue weighted by atomic mass is 9.77. The van der Waals surface area contributed by atoms with E-state index in [2.05, 4.69) is 0 Å². The molecule has 1 aromatic carbocycles. The van der Waals surface area contributed by atoms with E-state index < -0.39 is 5.41 Å². The van der Waals surface area contributed by atoms with Crippen molar-refractivity contribution in [3.05, 3.63) is 41.7 Å². The summed E-state index contributed by atoms with van der Waals surface area (Å²) in [4.78, 5) is 12.5. The lowest BCUT2D eigenvalue weighted by Crippen LogP contribution is -2.31. The van der Waals surface area contributed by atoms with Crippen molar-refractivity contribution in [1.82, 2.24) is 0 Å². The molecule has 0 bridgehead atoms. The van der Waals surface area contributed by atoms with Crippen LogP contribution in [-0.2, 0) is 14.9 Å². The molecule has 3 heteroatoms. The summed E-state index contributed by atoms with van der Waals surface area (Å²) in [7, 11) is 0. The van der Waals surface area contributed by atoms with Crippen LogP contribution in [0.5, 0.6) is 0 Å². The number of ether oxygens (including phenoxy) is 1. The number of ketones is 1. The number of carbonyl (C=O) groups is 1. The van der Waals surface area contributed by atoms with Gasteiger partial charge in [0.15, 0.2) is 5.78 Å². The van der Waals surface area contributed by atoms with E-state index in [4.69, 9.17) is 10.5 Å². The SMILES string of the molecule is CC(C)(C(=O)C1=COCCC1)c1ccc(N)cc1. The third kappa shape index (κ3) is 2.40. The summed E-state index contributed by atoms with van der Waals surface area (Å²) in [6.45, 7) is 4.59. The second-order valence-electron chi connectivity index (χ2n) is 5.19. The summed E-state index contributed by atoms with van der Waals surface area (Å²) in [6.07, 6.45) is 3.33. The fourth-order valence-electron chi connectivity index (χ4n) is 2.16. The maximum Gasteiger partial charge on any atom is 0.171 e. The van der Waals surface area contributed by atoms with Gasteiger partial charge in [-0.1, -0.05) is 12.1 Å². The molecule has 0 aliphatic carbocycles. The predicted molar refractivity (Wildman–Crippen MR) is 72.2 cm³/mol. The average Bonchev–Trinajstić information content (AvgIpc) is 2.39. The van der Waals surface area contributed by atoms with E-state index >= 15 is 0 Å². The smallest absolute Gasteiger partial charge is 0.171 e. The standard InChI is InChI=1S/C15H19NO2/c1-15(2,12-5-7-13(16)8-6-12)14(17)11-4-3-9-18-10-11/h5-8,10H,3-4,9,16H2,1-2H3. The van der Waals surface area contributed by atoms with Gasteiger partial charge in [-0.25, -0.2) is 0 Å². The van der Waals surface area contributed by atoms with Crippen LogP contribution in [0, 0.1) is 0 Å². The van der Waals surface area contributed by atoms with Crippen molar-refractivity contribution in [2.24, 2.45) is 0 Å². The number of hydrogen-bond donors (Lipinski definition) is 1. The second kappa shape index (κ2) is 4.84. The summed E-state index contributed by atoms with van der Waals surface area (Å²) in [5.74, 6) is 0.131. The summed E-state index contributed by atoms with van der Waals surface area (Å²) < 4.78 is 5.25. The van der Waals surface area contributed by atoms with Gasteiger partial charge in [-0.15, -0.1) is 0 Å². The van der Waals surface area contributed by atoms with Gasteiger partial charge >= 0.3 is 0 Å². The van der Waals surface area contributed by atoms with E-state index in [0.717, 1.165) is 24.0 Å². The highest BCUT2D eigenvalue weighted by atomic mass is 16.5. The van der Waals surface area contributed by atoms with Crippen LogP contribution in [0.3, 0.4) is 0 Å². The Labute approximate surface area is 108 Å². The summed E-state index contributed by atoms with van der Waals surface area (Å²) >= 11 is 0. The zero-order valence-corrected chi connectivity index (χ0v) is 10.9. The molecule has 0 spiro atoms. The van der Waals surface area contributed by atoms with Gasteiger partial charge in [0.1, 0.15) is 0 Å². The van der Waals surface area contributed by atoms with Gasteiger partial charge in [0.2, 0.25) is 0 Å². The van der Waals surface area contributed by atoms with Gasteiger partial charge in [-0.3, -0.25) is 4.79 Å². The van der Waals surface area contributed by atoms with E-state index in [0.29, 0.717) is 12.3 Å². The maximum absolute atomic E-state index is 12.5. The van der Waals surface area contributed by atoms with Gasteiger partial charge < -0.3 is 10.5 Å². The first-order valence-corrected chi connectivity index (χ1v) is 6.23. The Kier molecular flexibility index (Phi) is 3.41. The molecule has 1 aliphatic heterocycles. The number of allylic oxidation sites excluding steroid dienone is 1. The van der Waals surface area contributed by atoms with E-state index in [-0.39, 0.29) is 5.78 Å². The second-order valence-corrected chi connectivity index (χ2v) is 5.19. The minimum Gasteiger partial charge on any atom is -0.501 e. The van der Waals surface area contributed by atoms with E-state index in [1.165, 1.54) is 0 Å². The van der Waals surface area contributed by atoms with Gasteiger partial charge in [0.25, 0.3) is 0 Å². The molecule has 0 radical (unpaired) electrons. The first-order chi connectivity index (χ1) is 8.51. The highest BCUT2D eigenvalue weighted by molar-refractivity contribution is 6.02. The quantitative estimate of drug-likeness (QED) is 0.833. The summed E-state index contributed by atoms with van der Waals surface area (Å²) in [6, 6.07) is 7.49. The minimum absolute atomic E-state index is 0.131. The molecule has 3 nitrogen and oxygen atoms in total. The predicted octanol–water partition coefficient (Wildman–Crippen LogP) is 2.81. The molecule has 2 N–H and O–H groups in total. The third-order valence-electron chi connectivity index (χ3n) is 3.43. The van der Waals surface area contributed by atoms with Crippen LogP contribution in [0.1, 0.15) is 32.3 Å². The summed E-state index contributed by atoms with van der Waals surface area (Å²) in [5.41, 5.74) is 7.60. The van der Waals surface area contributed by atoms with Crippen LogP contribution in [0.15, 0.2) is 36.1 Å². The van der Waals surface area contributed by atoms with E-state index in [1.54, 1.807) is 6.26 Å². The van der Waals surface area contributed by atoms with Crippen LogP contribution >= 0.6 is 0 Å². The van der Waals surface area contributed by atoms with Crippen molar-refractivity contribution in [3.8, 4) is 0 Å². The average molecular weight is 245 g/mol. The topological polar surface area (TPSA) is 52.3 Å². The normalized spacial score (nSPS) is 15.8. The molecule has 96 valence electrons. The molecular weight excluding hydrogens is 226 g/mol. The molecule has 18 heavy (non-hydrogen) atoms. The number of rotatable bonds is 3. The lowest BCUT2D eigenvalue weighted by Gasteiger charge is -2.26. The van der Waals surface area contributed by atoms with E-state index in [9.17, 15) is 4.79 Å². The number of Topliss-reactive ketones (excluding diaryl/α,β-unsaturated/α-hetero) is 1. The number of carbonyl (C=O) groups excluding carboxylic acids is 1. The Balaban J connectivity index is 2.27. The zero-order chi connectivity index (χ0) is 13.2. The van der Waals surface area contributed by atoms with Crippen molar-refractivity contribution in [2.75, 3.05) is 12.3 Å². The monoisotopic (exact) mass is 245 g/mol. The largest absolute Gasteiger partial charge is 0.501 e. The van der Waals surface area contributed by atoms with Gasteiger partial charge in [-0.05, 0) is 44.4 Å². The minimum atomic E-state index is -0.541. The Bertz CT molecular complexity index is 472. The molecule has 2 rings (SSSR count). The van der Waals surface area contributed by atoms with Crippen molar-refractivity contribution in [1.29, 1.82) is 0 Å². The maximum atomic E-state index is 12.5. The van der Waals surface area contributed by atoms with Crippen molar-refractivity contribution < 1.29 is 9.53 Å². The molecule has 0 atom stereocenters. The molecule has 1 aromatic rings. The van der Waals surface area contributed by atoms with Crippen molar-refractivity contribution in [2.45, 2.75) is 32.1 Å². The number of hydrogen-bond acceptors (Lipinski definition) is 3. The summed E-state index contributed by atoms with van der Waals surface area (Å²) in [5, 5.41) is 0. The first kappa shape index (κ1) is 12.7. The van der Waals surface area contributed by atoms with Crippen molar-refractivity contribution in [3.63, 3.8) is 0 Å². The number of nitrogens with two attached hydrogens (primary N) is 1. The van der Waals surface area contributed by atoms with Crippen LogP contribution in [0.25, 0.3) is 0 Å². The number of benzene rings is 1. The molecule has 1 heterocycles. The Morgan fingerprint density at radius 2 is 1.94 bits per heavy atom. The molecule has 0 saturated carbocycles. The van der Waals surface area contributed by atoms with Gasteiger partial charge in [0, 0.05) is 11.3 Å². The van der Waals surface area contributed by atoms with Crippen LogP contribution in [-0.4, -0.2) is 12.4 Å². The number of anilines is 1. The Morgan fingerprint density at radius 1 is 1.28 bits per heavy atom. The molecular formula is C15H19NO2.